The van der Waals surface area contributed by atoms with Crippen LogP contribution in [0.2, 0.25) is 0 Å². The number of carbonyl (C=O) groups is 2. The zero-order valence-corrected chi connectivity index (χ0v) is 22.6. The summed E-state index contributed by atoms with van der Waals surface area (Å²) in [7, 11) is 0. The van der Waals surface area contributed by atoms with E-state index in [2.05, 4.69) is 10.1 Å². The molecular formula is C30H23F6N5O2. The molecule has 2 aliphatic heterocycles. The molecule has 0 radical (unpaired) electrons. The monoisotopic (exact) mass is 599 g/mol. The average molecular weight is 600 g/mol. The Morgan fingerprint density at radius 3 is 2.42 bits per heavy atom. The van der Waals surface area contributed by atoms with Crippen molar-refractivity contribution >= 4 is 17.5 Å². The number of likely N-dealkylation sites (tertiary alicyclic amines) is 1. The normalized spacial score (nSPS) is 15.7. The number of anilines is 1. The van der Waals surface area contributed by atoms with Gasteiger partial charge < -0.3 is 9.80 Å². The summed E-state index contributed by atoms with van der Waals surface area (Å²) >= 11 is 0. The van der Waals surface area contributed by atoms with Gasteiger partial charge in [0.15, 0.2) is 17.3 Å². The lowest BCUT2D eigenvalue weighted by Gasteiger charge is -2.36. The molecule has 2 aliphatic rings. The molecule has 222 valence electrons. The summed E-state index contributed by atoms with van der Waals surface area (Å²) in [6.45, 7) is 1.77. The van der Waals surface area contributed by atoms with E-state index < -0.39 is 41.1 Å². The molecule has 0 bridgehead atoms. The topological polar surface area (TPSA) is 71.3 Å². The number of amides is 2. The molecule has 4 heterocycles. The first-order valence-corrected chi connectivity index (χ1v) is 13.4. The van der Waals surface area contributed by atoms with Crippen LogP contribution in [0.15, 0.2) is 54.9 Å². The Kier molecular flexibility index (Phi) is 6.98. The van der Waals surface area contributed by atoms with Crippen molar-refractivity contribution in [3.63, 3.8) is 0 Å². The predicted octanol–water partition coefficient (Wildman–Crippen LogP) is 5.87. The van der Waals surface area contributed by atoms with E-state index in [-0.39, 0.29) is 66.6 Å². The van der Waals surface area contributed by atoms with Crippen LogP contribution in [0.3, 0.4) is 0 Å². The van der Waals surface area contributed by atoms with Crippen molar-refractivity contribution in [2.24, 2.45) is 0 Å². The number of alkyl halides is 3. The summed E-state index contributed by atoms with van der Waals surface area (Å²) < 4.78 is 84.7. The maximum Gasteiger partial charge on any atom is 0.419 e. The maximum absolute atomic E-state index is 14.9. The van der Waals surface area contributed by atoms with Gasteiger partial charge in [0, 0.05) is 37.1 Å². The van der Waals surface area contributed by atoms with Crippen LogP contribution in [-0.2, 0) is 17.4 Å². The van der Waals surface area contributed by atoms with Crippen LogP contribution in [0.4, 0.5) is 32.0 Å². The molecule has 7 nitrogen and oxygen atoms in total. The largest absolute Gasteiger partial charge is 0.419 e. The summed E-state index contributed by atoms with van der Waals surface area (Å²) in [4.78, 5) is 33.1. The lowest BCUT2D eigenvalue weighted by molar-refractivity contribution is -0.140. The fourth-order valence-electron chi connectivity index (χ4n) is 5.72. The smallest absolute Gasteiger partial charge is 0.337 e. The Morgan fingerprint density at radius 1 is 1.00 bits per heavy atom. The summed E-state index contributed by atoms with van der Waals surface area (Å²) in [6, 6.07) is 8.12. The van der Waals surface area contributed by atoms with Crippen molar-refractivity contribution in [2.75, 3.05) is 18.0 Å². The molecular weight excluding hydrogens is 576 g/mol. The number of hydrogen-bond donors (Lipinski definition) is 0. The quantitative estimate of drug-likeness (QED) is 0.275. The van der Waals surface area contributed by atoms with Crippen molar-refractivity contribution in [3.05, 3.63) is 94.7 Å². The summed E-state index contributed by atoms with van der Waals surface area (Å²) in [5, 5.41) is 4.30. The fraction of sp³-hybridized carbons (Fsp3) is 0.267. The number of rotatable bonds is 4. The highest BCUT2D eigenvalue weighted by molar-refractivity contribution is 6.02. The van der Waals surface area contributed by atoms with Crippen LogP contribution in [0.1, 0.15) is 40.0 Å². The molecule has 0 aliphatic carbocycles. The van der Waals surface area contributed by atoms with E-state index in [1.165, 1.54) is 41.2 Å². The number of hydrogen-bond acceptors (Lipinski definition) is 4. The second-order valence-corrected chi connectivity index (χ2v) is 10.5. The van der Waals surface area contributed by atoms with Crippen LogP contribution in [-0.4, -0.2) is 50.6 Å². The molecule has 0 spiro atoms. The van der Waals surface area contributed by atoms with Gasteiger partial charge in [-0.1, -0.05) is 6.07 Å². The predicted molar refractivity (Wildman–Crippen MR) is 143 cm³/mol. The van der Waals surface area contributed by atoms with Crippen molar-refractivity contribution in [1.82, 2.24) is 19.7 Å². The van der Waals surface area contributed by atoms with Gasteiger partial charge in [0.05, 0.1) is 29.1 Å². The van der Waals surface area contributed by atoms with Crippen LogP contribution < -0.4 is 4.90 Å². The van der Waals surface area contributed by atoms with Gasteiger partial charge in [-0.05, 0) is 67.3 Å². The van der Waals surface area contributed by atoms with Gasteiger partial charge in [-0.2, -0.15) is 18.3 Å². The summed E-state index contributed by atoms with van der Waals surface area (Å²) in [6.07, 6.45) is -1.46. The van der Waals surface area contributed by atoms with E-state index in [9.17, 15) is 35.9 Å². The van der Waals surface area contributed by atoms with Crippen LogP contribution >= 0.6 is 0 Å². The highest BCUT2D eigenvalue weighted by Crippen LogP contribution is 2.38. The molecule has 43 heavy (non-hydrogen) atoms. The van der Waals surface area contributed by atoms with Gasteiger partial charge in [0.25, 0.3) is 5.91 Å². The number of pyridine rings is 1. The lowest BCUT2D eigenvalue weighted by atomic mass is 10.0. The minimum Gasteiger partial charge on any atom is -0.337 e. The number of fused-ring (bicyclic) bond motifs is 1. The van der Waals surface area contributed by atoms with Crippen molar-refractivity contribution in [3.8, 4) is 16.9 Å². The minimum absolute atomic E-state index is 0.0412. The number of nitrogens with zero attached hydrogens (tertiary/aromatic N) is 5. The van der Waals surface area contributed by atoms with Crippen molar-refractivity contribution in [1.29, 1.82) is 0 Å². The van der Waals surface area contributed by atoms with E-state index in [1.54, 1.807) is 12.1 Å². The fourth-order valence-corrected chi connectivity index (χ4v) is 5.72. The maximum atomic E-state index is 14.9. The lowest BCUT2D eigenvalue weighted by Crippen LogP contribution is -2.48. The van der Waals surface area contributed by atoms with Gasteiger partial charge in [0.2, 0.25) is 5.91 Å². The van der Waals surface area contributed by atoms with Gasteiger partial charge >= 0.3 is 6.18 Å². The number of piperidine rings is 1. The van der Waals surface area contributed by atoms with Gasteiger partial charge in [-0.15, -0.1) is 0 Å². The molecule has 13 heteroatoms. The SMILES string of the molecule is Cc1cc2c(c(F)c1F)N(C1CCN(C(=O)c3cc(-c4cccnc4)n(-c4ccc(F)c(C(F)(F)F)c4)n3)CC1)C(=O)C2. The van der Waals surface area contributed by atoms with Gasteiger partial charge in [0.1, 0.15) is 5.82 Å². The Morgan fingerprint density at radius 2 is 1.74 bits per heavy atom. The molecule has 2 aromatic heterocycles. The van der Waals surface area contributed by atoms with Crippen LogP contribution in [0, 0.1) is 24.4 Å². The summed E-state index contributed by atoms with van der Waals surface area (Å²) in [5.74, 6) is -4.37. The second-order valence-electron chi connectivity index (χ2n) is 10.5. The molecule has 0 saturated carbocycles. The third-order valence-electron chi connectivity index (χ3n) is 7.80. The molecule has 2 amide bonds. The minimum atomic E-state index is -4.95. The Labute approximate surface area is 241 Å². The molecule has 0 N–H and O–H groups in total. The van der Waals surface area contributed by atoms with Gasteiger partial charge in [-0.25, -0.2) is 17.9 Å². The summed E-state index contributed by atoms with van der Waals surface area (Å²) in [5.41, 5.74) is -0.455. The molecule has 0 atom stereocenters. The Bertz CT molecular complexity index is 1750. The van der Waals surface area contributed by atoms with Crippen molar-refractivity contribution in [2.45, 2.75) is 38.4 Å². The molecule has 1 saturated heterocycles. The van der Waals surface area contributed by atoms with E-state index in [0.29, 0.717) is 23.3 Å². The molecule has 6 rings (SSSR count). The van der Waals surface area contributed by atoms with Crippen molar-refractivity contribution < 1.29 is 35.9 Å². The van der Waals surface area contributed by atoms with E-state index >= 15 is 0 Å². The molecule has 4 aromatic rings. The number of aromatic nitrogens is 3. The molecule has 2 aromatic carbocycles. The third-order valence-corrected chi connectivity index (χ3v) is 7.80. The first-order valence-electron chi connectivity index (χ1n) is 13.4. The first-order chi connectivity index (χ1) is 20.4. The average Bonchev–Trinajstić information content (AvgIpc) is 3.57. The second kappa shape index (κ2) is 10.5. The van der Waals surface area contributed by atoms with E-state index in [4.69, 9.17) is 0 Å². The van der Waals surface area contributed by atoms with E-state index in [0.717, 1.165) is 10.7 Å². The highest BCUT2D eigenvalue weighted by atomic mass is 19.4. The van der Waals surface area contributed by atoms with Crippen LogP contribution in [0.25, 0.3) is 16.9 Å². The zero-order valence-electron chi connectivity index (χ0n) is 22.6. The van der Waals surface area contributed by atoms with E-state index in [1.807, 2.05) is 0 Å². The third kappa shape index (κ3) is 5.02. The molecule has 0 unspecified atom stereocenters. The highest BCUT2D eigenvalue weighted by Gasteiger charge is 2.39. The van der Waals surface area contributed by atoms with Crippen LogP contribution in [0.5, 0.6) is 0 Å². The zero-order chi connectivity index (χ0) is 30.6. The first kappa shape index (κ1) is 28.4. The number of benzene rings is 2. The number of aryl methyl sites for hydroxylation is 1. The number of halogens is 6. The molecule has 1 fully saturated rings. The Hall–Kier alpha value is -4.68. The Balaban J connectivity index is 1.27. The van der Waals surface area contributed by atoms with Gasteiger partial charge in [-0.3, -0.25) is 14.6 Å². The standard InChI is InChI=1S/C30H23F6N5O2/c1-16-11-18-12-25(42)40(28(18)27(33)26(16)32)19-6-9-39(10-7-19)29(43)23-14-24(17-3-2-8-37-15-17)41(38-23)20-4-5-22(31)21(13-20)30(34,35)36/h2-5,8,11,13-15,19H,6-7,9-10,12H2,1H3. The number of carbonyl (C=O) groups excluding carboxylic acids is 2.